The van der Waals surface area contributed by atoms with Crippen molar-refractivity contribution in [2.75, 3.05) is 0 Å². The number of nitrogens with two attached hydrogens (primary N) is 1. The molecular formula is C12H13ClN2O4. The van der Waals surface area contributed by atoms with Gasteiger partial charge in [0.2, 0.25) is 5.91 Å². The van der Waals surface area contributed by atoms with Crippen molar-refractivity contribution in [1.82, 2.24) is 5.32 Å². The van der Waals surface area contributed by atoms with Gasteiger partial charge in [-0.3, -0.25) is 9.59 Å². The van der Waals surface area contributed by atoms with Crippen molar-refractivity contribution in [3.05, 3.63) is 34.9 Å². The topological polar surface area (TPSA) is 109 Å². The van der Waals surface area contributed by atoms with Crippen LogP contribution in [0.2, 0.25) is 5.02 Å². The highest BCUT2D eigenvalue weighted by atomic mass is 35.5. The highest BCUT2D eigenvalue weighted by Crippen LogP contribution is 2.15. The first-order chi connectivity index (χ1) is 8.91. The SMILES string of the molecule is NC(=O)CCC(NC(=O)c1ccccc1Cl)C(=O)O. The Hall–Kier alpha value is -2.08. The number of amides is 2. The molecule has 0 aliphatic carbocycles. The van der Waals surface area contributed by atoms with E-state index in [0.717, 1.165) is 0 Å². The molecule has 6 nitrogen and oxygen atoms in total. The number of carbonyl (C=O) groups is 3. The standard InChI is InChI=1S/C12H13ClN2O4/c13-8-4-2-1-3-7(8)11(17)15-9(12(18)19)5-6-10(14)16/h1-4,9H,5-6H2,(H2,14,16)(H,15,17)(H,18,19). The molecule has 2 amide bonds. The molecule has 19 heavy (non-hydrogen) atoms. The first-order valence-corrected chi connectivity index (χ1v) is 5.86. The van der Waals surface area contributed by atoms with Crippen LogP contribution in [-0.4, -0.2) is 28.9 Å². The zero-order valence-corrected chi connectivity index (χ0v) is 10.7. The summed E-state index contributed by atoms with van der Waals surface area (Å²) in [5, 5.41) is 11.5. The number of halogens is 1. The first-order valence-electron chi connectivity index (χ1n) is 5.48. The van der Waals surface area contributed by atoms with E-state index in [9.17, 15) is 14.4 Å². The van der Waals surface area contributed by atoms with E-state index < -0.39 is 23.8 Å². The molecule has 1 aromatic carbocycles. The molecule has 0 aliphatic rings. The van der Waals surface area contributed by atoms with Crippen LogP contribution in [0, 0.1) is 0 Å². The van der Waals surface area contributed by atoms with Crippen molar-refractivity contribution < 1.29 is 19.5 Å². The van der Waals surface area contributed by atoms with Gasteiger partial charge in [-0.15, -0.1) is 0 Å². The number of hydrogen-bond acceptors (Lipinski definition) is 3. The highest BCUT2D eigenvalue weighted by Gasteiger charge is 2.22. The zero-order valence-electron chi connectivity index (χ0n) is 9.93. The molecule has 1 aromatic rings. The molecule has 7 heteroatoms. The van der Waals surface area contributed by atoms with Gasteiger partial charge >= 0.3 is 5.97 Å². The second-order valence-corrected chi connectivity index (χ2v) is 4.26. The number of carbonyl (C=O) groups excluding carboxylic acids is 2. The maximum Gasteiger partial charge on any atom is 0.326 e. The lowest BCUT2D eigenvalue weighted by molar-refractivity contribution is -0.139. The number of aliphatic carboxylic acids is 1. The third-order valence-electron chi connectivity index (χ3n) is 2.40. The number of carboxylic acids is 1. The highest BCUT2D eigenvalue weighted by molar-refractivity contribution is 6.33. The third kappa shape index (κ3) is 4.59. The molecule has 0 aromatic heterocycles. The normalized spacial score (nSPS) is 11.6. The van der Waals surface area contributed by atoms with E-state index in [4.69, 9.17) is 22.4 Å². The molecule has 0 radical (unpaired) electrons. The van der Waals surface area contributed by atoms with E-state index in [1.807, 2.05) is 0 Å². The summed E-state index contributed by atoms with van der Waals surface area (Å²) >= 11 is 5.83. The Balaban J connectivity index is 2.74. The Kier molecular flexibility index (Phi) is 5.32. The molecule has 1 unspecified atom stereocenters. The number of carboxylic acid groups (broad SMARTS) is 1. The number of rotatable bonds is 6. The number of nitrogens with one attached hydrogen (secondary N) is 1. The van der Waals surface area contributed by atoms with Gasteiger partial charge in [-0.05, 0) is 18.6 Å². The summed E-state index contributed by atoms with van der Waals surface area (Å²) < 4.78 is 0. The molecule has 0 bridgehead atoms. The molecule has 0 fully saturated rings. The second-order valence-electron chi connectivity index (χ2n) is 3.85. The van der Waals surface area contributed by atoms with E-state index in [1.54, 1.807) is 12.1 Å². The van der Waals surface area contributed by atoms with Crippen molar-refractivity contribution in [1.29, 1.82) is 0 Å². The smallest absolute Gasteiger partial charge is 0.326 e. The minimum absolute atomic E-state index is 0.0686. The lowest BCUT2D eigenvalue weighted by Crippen LogP contribution is -2.41. The van der Waals surface area contributed by atoms with Gasteiger partial charge in [0.1, 0.15) is 6.04 Å². The second kappa shape index (κ2) is 6.75. The Labute approximate surface area is 114 Å². The van der Waals surface area contributed by atoms with Gasteiger partial charge < -0.3 is 16.2 Å². The minimum Gasteiger partial charge on any atom is -0.480 e. The Morgan fingerprint density at radius 2 is 1.95 bits per heavy atom. The van der Waals surface area contributed by atoms with Gasteiger partial charge in [-0.2, -0.15) is 0 Å². The van der Waals surface area contributed by atoms with Gasteiger partial charge in [-0.25, -0.2) is 4.79 Å². The van der Waals surface area contributed by atoms with Gasteiger partial charge in [-0.1, -0.05) is 23.7 Å². The van der Waals surface area contributed by atoms with Gasteiger partial charge in [0, 0.05) is 6.42 Å². The van der Waals surface area contributed by atoms with Crippen LogP contribution in [0.15, 0.2) is 24.3 Å². The van der Waals surface area contributed by atoms with Crippen LogP contribution in [0.4, 0.5) is 0 Å². The van der Waals surface area contributed by atoms with Crippen molar-refractivity contribution in [3.63, 3.8) is 0 Å². The van der Waals surface area contributed by atoms with Crippen molar-refractivity contribution in [2.24, 2.45) is 5.73 Å². The fourth-order valence-electron chi connectivity index (χ4n) is 1.43. The fraction of sp³-hybridized carbons (Fsp3) is 0.250. The quantitative estimate of drug-likeness (QED) is 0.717. The lowest BCUT2D eigenvalue weighted by atomic mass is 10.1. The summed E-state index contributed by atoms with van der Waals surface area (Å²) in [5.41, 5.74) is 5.12. The molecule has 1 atom stereocenters. The monoisotopic (exact) mass is 284 g/mol. The molecular weight excluding hydrogens is 272 g/mol. The van der Waals surface area contributed by atoms with Crippen LogP contribution >= 0.6 is 11.6 Å². The number of hydrogen-bond donors (Lipinski definition) is 3. The van der Waals surface area contributed by atoms with E-state index in [1.165, 1.54) is 12.1 Å². The Bertz CT molecular complexity index is 504. The fourth-order valence-corrected chi connectivity index (χ4v) is 1.65. The molecule has 0 aliphatic heterocycles. The van der Waals surface area contributed by atoms with Gasteiger partial charge in [0.25, 0.3) is 5.91 Å². The lowest BCUT2D eigenvalue weighted by Gasteiger charge is -2.14. The molecule has 0 saturated carbocycles. The van der Waals surface area contributed by atoms with Gasteiger partial charge in [0.05, 0.1) is 10.6 Å². The Morgan fingerprint density at radius 1 is 1.32 bits per heavy atom. The van der Waals surface area contributed by atoms with Crippen LogP contribution in [0.25, 0.3) is 0 Å². The predicted molar refractivity (Wildman–Crippen MR) is 68.8 cm³/mol. The molecule has 0 saturated heterocycles. The van der Waals surface area contributed by atoms with Crippen LogP contribution in [0.5, 0.6) is 0 Å². The number of benzene rings is 1. The summed E-state index contributed by atoms with van der Waals surface area (Å²) in [6.45, 7) is 0. The summed E-state index contributed by atoms with van der Waals surface area (Å²) in [6.07, 6.45) is -0.194. The maximum atomic E-state index is 11.8. The van der Waals surface area contributed by atoms with E-state index in [-0.39, 0.29) is 23.4 Å². The van der Waals surface area contributed by atoms with Crippen LogP contribution in [0.3, 0.4) is 0 Å². The summed E-state index contributed by atoms with van der Waals surface area (Å²) in [4.78, 5) is 33.4. The zero-order chi connectivity index (χ0) is 14.4. The maximum absolute atomic E-state index is 11.8. The predicted octanol–water partition coefficient (Wildman–Crippen LogP) is 0.788. The van der Waals surface area contributed by atoms with Gasteiger partial charge in [0.15, 0.2) is 0 Å². The molecule has 1 rings (SSSR count). The van der Waals surface area contributed by atoms with E-state index in [2.05, 4.69) is 5.32 Å². The van der Waals surface area contributed by atoms with Crippen LogP contribution in [-0.2, 0) is 9.59 Å². The third-order valence-corrected chi connectivity index (χ3v) is 2.73. The average molecular weight is 285 g/mol. The van der Waals surface area contributed by atoms with Crippen molar-refractivity contribution >= 4 is 29.4 Å². The molecule has 102 valence electrons. The average Bonchev–Trinajstić information content (AvgIpc) is 2.34. The first kappa shape index (κ1) is 15.0. The largest absolute Gasteiger partial charge is 0.480 e. The van der Waals surface area contributed by atoms with E-state index in [0.29, 0.717) is 0 Å². The molecule has 4 N–H and O–H groups in total. The van der Waals surface area contributed by atoms with Crippen molar-refractivity contribution in [3.8, 4) is 0 Å². The summed E-state index contributed by atoms with van der Waals surface area (Å²) in [5.74, 6) is -2.47. The summed E-state index contributed by atoms with van der Waals surface area (Å²) in [7, 11) is 0. The van der Waals surface area contributed by atoms with Crippen LogP contribution in [0.1, 0.15) is 23.2 Å². The molecule has 0 heterocycles. The molecule has 0 spiro atoms. The van der Waals surface area contributed by atoms with E-state index >= 15 is 0 Å². The Morgan fingerprint density at radius 3 is 2.47 bits per heavy atom. The van der Waals surface area contributed by atoms with Crippen molar-refractivity contribution in [2.45, 2.75) is 18.9 Å². The van der Waals surface area contributed by atoms with Crippen LogP contribution < -0.4 is 11.1 Å². The summed E-state index contributed by atoms with van der Waals surface area (Å²) in [6, 6.07) is 5.08. The minimum atomic E-state index is -1.23. The number of primary amides is 1.